The lowest BCUT2D eigenvalue weighted by molar-refractivity contribution is 0.0860. The van der Waals surface area contributed by atoms with Gasteiger partial charge in [0.1, 0.15) is 11.8 Å². The van der Waals surface area contributed by atoms with Crippen LogP contribution in [0.3, 0.4) is 0 Å². The highest BCUT2D eigenvalue weighted by Crippen LogP contribution is 2.37. The molecule has 1 atom stereocenters. The van der Waals surface area contributed by atoms with Crippen molar-refractivity contribution in [3.63, 3.8) is 0 Å². The van der Waals surface area contributed by atoms with Crippen LogP contribution in [0.4, 0.5) is 0 Å². The van der Waals surface area contributed by atoms with Crippen LogP contribution >= 0.6 is 0 Å². The summed E-state index contributed by atoms with van der Waals surface area (Å²) in [5, 5.41) is 9.11. The van der Waals surface area contributed by atoms with Crippen molar-refractivity contribution in [1.29, 1.82) is 5.26 Å². The molecule has 0 aliphatic carbocycles. The summed E-state index contributed by atoms with van der Waals surface area (Å²) >= 11 is 0. The molecule has 1 unspecified atom stereocenters. The van der Waals surface area contributed by atoms with E-state index in [1.54, 1.807) is 6.20 Å². The van der Waals surface area contributed by atoms with E-state index in [2.05, 4.69) is 44.9 Å². The fraction of sp³-hybridized carbons (Fsp3) is 0.538. The van der Waals surface area contributed by atoms with E-state index in [1.807, 2.05) is 12.1 Å². The predicted octanol–water partition coefficient (Wildman–Crippen LogP) is 3.31. The zero-order valence-corrected chi connectivity index (χ0v) is 12.1. The van der Waals surface area contributed by atoms with Gasteiger partial charge in [0.2, 0.25) is 9.04 Å². The molecule has 1 rings (SSSR count). The Balaban J connectivity index is 3.18. The zero-order valence-electron chi connectivity index (χ0n) is 11.1. The quantitative estimate of drug-likeness (QED) is 0.770. The fourth-order valence-electron chi connectivity index (χ4n) is 1.67. The number of aromatic nitrogens is 1. The van der Waals surface area contributed by atoms with Crippen LogP contribution in [-0.2, 0) is 4.43 Å². The van der Waals surface area contributed by atoms with Crippen LogP contribution in [0.15, 0.2) is 18.3 Å². The normalized spacial score (nSPS) is 13.5. The van der Waals surface area contributed by atoms with Gasteiger partial charge in [0.15, 0.2) is 0 Å². The average Bonchev–Trinajstić information content (AvgIpc) is 2.24. The van der Waals surface area contributed by atoms with Gasteiger partial charge in [0, 0.05) is 11.8 Å². The highest BCUT2D eigenvalue weighted by atomic mass is 28.3. The monoisotopic (exact) mass is 247 g/mol. The standard InChI is InChI=1S/C13H19N2OSi/c1-13(2,3)12(16-17(4)5)10-7-6-8-15-11(10)9-14/h6-8,12H,1-5H3. The second-order valence-electron chi connectivity index (χ2n) is 5.33. The van der Waals surface area contributed by atoms with Gasteiger partial charge in [-0.3, -0.25) is 0 Å². The largest absolute Gasteiger partial charge is 0.410 e. The van der Waals surface area contributed by atoms with Gasteiger partial charge in [-0.15, -0.1) is 0 Å². The highest BCUT2D eigenvalue weighted by molar-refractivity contribution is 6.48. The van der Waals surface area contributed by atoms with Crippen molar-refractivity contribution in [2.24, 2.45) is 5.41 Å². The van der Waals surface area contributed by atoms with Crippen molar-refractivity contribution in [2.75, 3.05) is 0 Å². The minimum absolute atomic E-state index is 0.0451. The lowest BCUT2D eigenvalue weighted by Gasteiger charge is -2.32. The van der Waals surface area contributed by atoms with Gasteiger partial charge in [-0.2, -0.15) is 5.26 Å². The molecule has 0 N–H and O–H groups in total. The van der Waals surface area contributed by atoms with Gasteiger partial charge in [0.05, 0.1) is 6.10 Å². The molecule has 1 radical (unpaired) electrons. The molecule has 0 saturated heterocycles. The first-order valence-corrected chi connectivity index (χ1v) is 8.09. The molecule has 0 aromatic carbocycles. The van der Waals surface area contributed by atoms with E-state index >= 15 is 0 Å². The minimum atomic E-state index is -0.825. The molecule has 0 amide bonds. The van der Waals surface area contributed by atoms with Crippen LogP contribution in [-0.4, -0.2) is 14.0 Å². The number of nitriles is 1. The van der Waals surface area contributed by atoms with Gasteiger partial charge in [-0.25, -0.2) is 4.98 Å². The molecule has 91 valence electrons. The van der Waals surface area contributed by atoms with E-state index in [4.69, 9.17) is 9.69 Å². The molecule has 17 heavy (non-hydrogen) atoms. The van der Waals surface area contributed by atoms with E-state index < -0.39 is 9.04 Å². The second kappa shape index (κ2) is 5.43. The molecule has 1 aromatic rings. The van der Waals surface area contributed by atoms with Crippen LogP contribution in [0.5, 0.6) is 0 Å². The molecular formula is C13H19N2OSi. The van der Waals surface area contributed by atoms with Crippen LogP contribution in [0, 0.1) is 16.7 Å². The maximum Gasteiger partial charge on any atom is 0.205 e. The number of rotatable bonds is 3. The molecule has 0 bridgehead atoms. The Morgan fingerprint density at radius 2 is 2.06 bits per heavy atom. The third kappa shape index (κ3) is 3.65. The summed E-state index contributed by atoms with van der Waals surface area (Å²) < 4.78 is 6.05. The maximum atomic E-state index is 9.11. The van der Waals surface area contributed by atoms with E-state index in [-0.39, 0.29) is 11.5 Å². The van der Waals surface area contributed by atoms with Crippen molar-refractivity contribution in [2.45, 2.75) is 40.0 Å². The molecule has 0 spiro atoms. The lowest BCUT2D eigenvalue weighted by Crippen LogP contribution is -2.26. The molecule has 0 saturated carbocycles. The second-order valence-corrected chi connectivity index (χ2v) is 7.38. The Labute approximate surface area is 105 Å². The van der Waals surface area contributed by atoms with Crippen molar-refractivity contribution in [3.05, 3.63) is 29.6 Å². The van der Waals surface area contributed by atoms with Crippen LogP contribution in [0.1, 0.15) is 38.1 Å². The molecule has 1 heterocycles. The first-order valence-electron chi connectivity index (χ1n) is 5.68. The van der Waals surface area contributed by atoms with Gasteiger partial charge in [-0.1, -0.05) is 26.8 Å². The summed E-state index contributed by atoms with van der Waals surface area (Å²) in [6.45, 7) is 10.6. The molecule has 0 fully saturated rings. The maximum absolute atomic E-state index is 9.11. The van der Waals surface area contributed by atoms with Crippen molar-refractivity contribution < 1.29 is 4.43 Å². The van der Waals surface area contributed by atoms with Gasteiger partial charge < -0.3 is 4.43 Å². The Morgan fingerprint density at radius 3 is 2.53 bits per heavy atom. The summed E-state index contributed by atoms with van der Waals surface area (Å²) in [6, 6.07) is 5.94. The summed E-state index contributed by atoms with van der Waals surface area (Å²) in [5.74, 6) is 0. The lowest BCUT2D eigenvalue weighted by atomic mass is 9.84. The smallest absolute Gasteiger partial charge is 0.205 e. The fourth-order valence-corrected chi connectivity index (χ4v) is 2.62. The van der Waals surface area contributed by atoms with Crippen LogP contribution < -0.4 is 0 Å². The van der Waals surface area contributed by atoms with E-state index in [0.717, 1.165) is 5.56 Å². The Hall–Kier alpha value is -1.18. The minimum Gasteiger partial charge on any atom is -0.410 e. The van der Waals surface area contributed by atoms with E-state index in [9.17, 15) is 0 Å². The third-order valence-electron chi connectivity index (χ3n) is 2.37. The molecule has 4 heteroatoms. The highest BCUT2D eigenvalue weighted by Gasteiger charge is 2.30. The number of pyridine rings is 1. The number of hydrogen-bond acceptors (Lipinski definition) is 3. The van der Waals surface area contributed by atoms with E-state index in [1.165, 1.54) is 0 Å². The number of hydrogen-bond donors (Lipinski definition) is 0. The molecule has 1 aromatic heterocycles. The average molecular weight is 247 g/mol. The van der Waals surface area contributed by atoms with E-state index in [0.29, 0.717) is 5.69 Å². The Kier molecular flexibility index (Phi) is 4.44. The van der Waals surface area contributed by atoms with Gasteiger partial charge >= 0.3 is 0 Å². The third-order valence-corrected chi connectivity index (χ3v) is 3.07. The predicted molar refractivity (Wildman–Crippen MR) is 69.7 cm³/mol. The molecule has 0 aliphatic rings. The van der Waals surface area contributed by atoms with Crippen LogP contribution in [0.25, 0.3) is 0 Å². The SMILES string of the molecule is C[Si](C)OC(c1cccnc1C#N)C(C)(C)C. The first kappa shape index (κ1) is 13.9. The first-order chi connectivity index (χ1) is 7.86. The van der Waals surface area contributed by atoms with Crippen molar-refractivity contribution in [1.82, 2.24) is 4.98 Å². The Morgan fingerprint density at radius 1 is 1.41 bits per heavy atom. The zero-order chi connectivity index (χ0) is 13.1. The molecular weight excluding hydrogens is 228 g/mol. The molecule has 0 aliphatic heterocycles. The van der Waals surface area contributed by atoms with Gasteiger partial charge in [0.25, 0.3) is 0 Å². The van der Waals surface area contributed by atoms with Crippen LogP contribution in [0.2, 0.25) is 13.1 Å². The van der Waals surface area contributed by atoms with Crippen molar-refractivity contribution in [3.8, 4) is 6.07 Å². The number of nitrogens with zero attached hydrogens (tertiary/aromatic N) is 2. The summed E-state index contributed by atoms with van der Waals surface area (Å²) in [6.07, 6.45) is 1.57. The summed E-state index contributed by atoms with van der Waals surface area (Å²) in [5.41, 5.74) is 1.32. The topological polar surface area (TPSA) is 45.9 Å². The van der Waals surface area contributed by atoms with Crippen molar-refractivity contribution >= 4 is 9.04 Å². The summed E-state index contributed by atoms with van der Waals surface area (Å²) in [4.78, 5) is 4.11. The summed E-state index contributed by atoms with van der Waals surface area (Å²) in [7, 11) is -0.825. The Bertz CT molecular complexity index is 418. The molecule has 3 nitrogen and oxygen atoms in total. The van der Waals surface area contributed by atoms with Gasteiger partial charge in [-0.05, 0) is 24.6 Å².